The van der Waals surface area contributed by atoms with Gasteiger partial charge in [0.25, 0.3) is 0 Å². The van der Waals surface area contributed by atoms with Crippen LogP contribution in [0.1, 0.15) is 18.6 Å². The van der Waals surface area contributed by atoms with Gasteiger partial charge in [-0.05, 0) is 55.5 Å². The molecule has 4 N–H and O–H groups in total. The third kappa shape index (κ3) is 4.94. The van der Waals surface area contributed by atoms with E-state index in [1.165, 1.54) is 19.1 Å². The van der Waals surface area contributed by atoms with Crippen molar-refractivity contribution in [3.8, 4) is 17.2 Å². The maximum absolute atomic E-state index is 12.2. The number of urea groups is 1. The topological polar surface area (TPSA) is 90.8 Å². The van der Waals surface area contributed by atoms with E-state index in [0.29, 0.717) is 17.1 Å². The van der Waals surface area contributed by atoms with Crippen LogP contribution in [0.2, 0.25) is 5.02 Å². The Labute approximate surface area is 167 Å². The average molecular weight is 399 g/mol. The van der Waals surface area contributed by atoms with Crippen molar-refractivity contribution < 1.29 is 19.7 Å². The first-order valence-corrected chi connectivity index (χ1v) is 8.91. The van der Waals surface area contributed by atoms with Crippen LogP contribution in [0.15, 0.2) is 66.7 Å². The predicted molar refractivity (Wildman–Crippen MR) is 109 cm³/mol. The second-order valence-corrected chi connectivity index (χ2v) is 6.50. The molecule has 0 saturated heterocycles. The molecular formula is C21H19ClN2O4. The second-order valence-electron chi connectivity index (χ2n) is 6.09. The number of aromatic hydroxyl groups is 1. The maximum Gasteiger partial charge on any atom is 0.323 e. The number of aliphatic hydroxyl groups is 1. The zero-order valence-corrected chi connectivity index (χ0v) is 15.8. The number of carbonyl (C=O) groups is 1. The number of para-hydroxylation sites is 1. The van der Waals surface area contributed by atoms with E-state index in [1.54, 1.807) is 24.3 Å². The molecule has 3 rings (SSSR count). The molecule has 3 aromatic carbocycles. The minimum atomic E-state index is -0.931. The summed E-state index contributed by atoms with van der Waals surface area (Å²) in [5, 5.41) is 24.9. The van der Waals surface area contributed by atoms with E-state index in [1.807, 2.05) is 30.3 Å². The molecule has 0 aromatic heterocycles. The zero-order chi connectivity index (χ0) is 20.1. The maximum atomic E-state index is 12.2. The number of hydrogen-bond donors (Lipinski definition) is 4. The smallest absolute Gasteiger partial charge is 0.323 e. The minimum Gasteiger partial charge on any atom is -0.506 e. The predicted octanol–water partition coefficient (Wildman–Crippen LogP) is 5.54. The number of hydrogen-bond acceptors (Lipinski definition) is 4. The van der Waals surface area contributed by atoms with Crippen LogP contribution in [0.3, 0.4) is 0 Å². The molecule has 144 valence electrons. The molecule has 7 heteroatoms. The molecule has 0 fully saturated rings. The third-order valence-electron chi connectivity index (χ3n) is 3.89. The van der Waals surface area contributed by atoms with Crippen molar-refractivity contribution in [1.82, 2.24) is 0 Å². The number of phenolic OH excluding ortho intramolecular Hbond substituents is 1. The van der Waals surface area contributed by atoms with Crippen LogP contribution >= 0.6 is 11.6 Å². The number of carbonyl (C=O) groups excluding carboxylic acids is 1. The lowest BCUT2D eigenvalue weighted by Crippen LogP contribution is -2.19. The van der Waals surface area contributed by atoms with Gasteiger partial charge < -0.3 is 25.6 Å². The van der Waals surface area contributed by atoms with E-state index in [0.717, 1.165) is 5.75 Å². The van der Waals surface area contributed by atoms with Gasteiger partial charge in [0.05, 0.1) is 11.1 Å². The monoisotopic (exact) mass is 398 g/mol. The Kier molecular flexibility index (Phi) is 6.03. The first kappa shape index (κ1) is 19.5. The highest BCUT2D eigenvalue weighted by molar-refractivity contribution is 6.32. The van der Waals surface area contributed by atoms with E-state index in [9.17, 15) is 15.0 Å². The van der Waals surface area contributed by atoms with Gasteiger partial charge in [0, 0.05) is 16.9 Å². The van der Waals surface area contributed by atoms with Gasteiger partial charge in [0.1, 0.15) is 17.2 Å². The molecular weight excluding hydrogens is 380 g/mol. The number of ether oxygens (including phenoxy) is 1. The Hall–Kier alpha value is -3.22. The van der Waals surface area contributed by atoms with Gasteiger partial charge in [-0.2, -0.15) is 0 Å². The Morgan fingerprint density at radius 3 is 2.21 bits per heavy atom. The first-order chi connectivity index (χ1) is 13.4. The molecule has 0 saturated carbocycles. The van der Waals surface area contributed by atoms with E-state index < -0.39 is 12.1 Å². The average Bonchev–Trinajstić information content (AvgIpc) is 2.66. The van der Waals surface area contributed by atoms with E-state index in [-0.39, 0.29) is 16.3 Å². The van der Waals surface area contributed by atoms with Crippen molar-refractivity contribution >= 4 is 29.0 Å². The molecule has 0 bridgehead atoms. The number of anilines is 2. The van der Waals surface area contributed by atoms with Crippen molar-refractivity contribution in [2.75, 3.05) is 10.6 Å². The summed E-state index contributed by atoms with van der Waals surface area (Å²) >= 11 is 5.94. The van der Waals surface area contributed by atoms with Gasteiger partial charge in [0.15, 0.2) is 0 Å². The van der Waals surface area contributed by atoms with E-state index in [2.05, 4.69) is 10.6 Å². The molecule has 1 atom stereocenters. The van der Waals surface area contributed by atoms with Crippen molar-refractivity contribution in [3.63, 3.8) is 0 Å². The number of amides is 2. The number of nitrogens with one attached hydrogen (secondary N) is 2. The minimum absolute atomic E-state index is 0.0381. The molecule has 1 unspecified atom stereocenters. The van der Waals surface area contributed by atoms with Gasteiger partial charge in [0.2, 0.25) is 0 Å². The highest BCUT2D eigenvalue weighted by Crippen LogP contribution is 2.35. The number of benzene rings is 3. The molecule has 0 spiro atoms. The molecule has 2 amide bonds. The Morgan fingerprint density at radius 2 is 1.57 bits per heavy atom. The molecule has 0 aliphatic heterocycles. The van der Waals surface area contributed by atoms with Gasteiger partial charge >= 0.3 is 6.03 Å². The van der Waals surface area contributed by atoms with Gasteiger partial charge in [-0.15, -0.1) is 0 Å². The normalized spacial score (nSPS) is 11.5. The Bertz CT molecular complexity index is 960. The molecule has 6 nitrogen and oxygen atoms in total. The summed E-state index contributed by atoms with van der Waals surface area (Å²) < 4.78 is 5.70. The van der Waals surface area contributed by atoms with Crippen molar-refractivity contribution in [1.29, 1.82) is 0 Å². The Balaban J connectivity index is 1.64. The summed E-state index contributed by atoms with van der Waals surface area (Å²) in [7, 11) is 0. The van der Waals surface area contributed by atoms with E-state index in [4.69, 9.17) is 16.3 Å². The first-order valence-electron chi connectivity index (χ1n) is 8.54. The lowest BCUT2D eigenvalue weighted by Gasteiger charge is -2.13. The fourth-order valence-corrected chi connectivity index (χ4v) is 2.76. The summed E-state index contributed by atoms with van der Waals surface area (Å²) in [5.41, 5.74) is 1.14. The summed E-state index contributed by atoms with van der Waals surface area (Å²) in [5.74, 6) is 1.15. The van der Waals surface area contributed by atoms with Gasteiger partial charge in [-0.25, -0.2) is 4.79 Å². The van der Waals surface area contributed by atoms with Gasteiger partial charge in [-0.3, -0.25) is 0 Å². The van der Waals surface area contributed by atoms with Crippen LogP contribution < -0.4 is 15.4 Å². The van der Waals surface area contributed by atoms with Crippen LogP contribution in [-0.2, 0) is 0 Å². The van der Waals surface area contributed by atoms with Crippen LogP contribution in [0.25, 0.3) is 0 Å². The third-order valence-corrected chi connectivity index (χ3v) is 4.18. The van der Waals surface area contributed by atoms with Crippen molar-refractivity contribution in [2.45, 2.75) is 13.0 Å². The van der Waals surface area contributed by atoms with Crippen LogP contribution in [0.5, 0.6) is 17.2 Å². The number of rotatable bonds is 5. The molecule has 0 heterocycles. The summed E-state index contributed by atoms with van der Waals surface area (Å²) in [6.45, 7) is 1.49. The summed E-state index contributed by atoms with van der Waals surface area (Å²) in [6.07, 6.45) is -0.931. The molecule has 3 aromatic rings. The number of halogens is 1. The number of aliphatic hydroxyl groups excluding tert-OH is 1. The van der Waals surface area contributed by atoms with Crippen molar-refractivity contribution in [3.05, 3.63) is 77.3 Å². The van der Waals surface area contributed by atoms with Crippen LogP contribution in [0, 0.1) is 0 Å². The molecule has 0 aliphatic carbocycles. The standard InChI is InChI=1S/C21H19ClN2O4/c1-13(25)18-11-15(12-19(22)20(18)26)24-21(27)23-14-7-9-17(10-8-14)28-16-5-3-2-4-6-16/h2-13,25-26H,1H3,(H2,23,24,27). The SMILES string of the molecule is CC(O)c1cc(NC(=O)Nc2ccc(Oc3ccccc3)cc2)cc(Cl)c1O. The molecule has 28 heavy (non-hydrogen) atoms. The highest BCUT2D eigenvalue weighted by atomic mass is 35.5. The van der Waals surface area contributed by atoms with E-state index >= 15 is 0 Å². The highest BCUT2D eigenvalue weighted by Gasteiger charge is 2.14. The lowest BCUT2D eigenvalue weighted by molar-refractivity contribution is 0.195. The van der Waals surface area contributed by atoms with Crippen LogP contribution in [-0.4, -0.2) is 16.2 Å². The van der Waals surface area contributed by atoms with Crippen molar-refractivity contribution in [2.24, 2.45) is 0 Å². The fraction of sp³-hybridized carbons (Fsp3) is 0.0952. The second kappa shape index (κ2) is 8.65. The summed E-state index contributed by atoms with van der Waals surface area (Å²) in [6, 6.07) is 18.7. The Morgan fingerprint density at radius 1 is 0.964 bits per heavy atom. The van der Waals surface area contributed by atoms with Gasteiger partial charge in [-0.1, -0.05) is 29.8 Å². The molecule has 0 aliphatic rings. The summed E-state index contributed by atoms with van der Waals surface area (Å²) in [4.78, 5) is 12.2. The largest absolute Gasteiger partial charge is 0.506 e. The van der Waals surface area contributed by atoms with Crippen LogP contribution in [0.4, 0.5) is 16.2 Å². The number of phenols is 1. The molecule has 0 radical (unpaired) electrons. The fourth-order valence-electron chi connectivity index (χ4n) is 2.54. The quantitative estimate of drug-likeness (QED) is 0.425. The zero-order valence-electron chi connectivity index (χ0n) is 15.0. The lowest BCUT2D eigenvalue weighted by atomic mass is 10.1.